The van der Waals surface area contributed by atoms with E-state index in [1.54, 1.807) is 0 Å². The van der Waals surface area contributed by atoms with Crippen LogP contribution in [0, 0.1) is 0 Å². The third-order valence-corrected chi connectivity index (χ3v) is 4.14. The maximum Gasteiger partial charge on any atom is 0.0668 e. The second kappa shape index (κ2) is 8.55. The molecule has 0 radical (unpaired) electrons. The lowest BCUT2D eigenvalue weighted by atomic mass is 9.99. The summed E-state index contributed by atoms with van der Waals surface area (Å²) in [7, 11) is 0. The van der Waals surface area contributed by atoms with E-state index in [1.165, 1.54) is 11.1 Å². The van der Waals surface area contributed by atoms with Gasteiger partial charge in [0.2, 0.25) is 0 Å². The molecule has 0 aliphatic rings. The minimum Gasteiger partial charge on any atom is -0.374 e. The molecule has 1 unspecified atom stereocenters. The molecule has 0 aromatic heterocycles. The number of nitrogens with one attached hydrogen (secondary N) is 1. The molecule has 1 N–H and O–H groups in total. The van der Waals surface area contributed by atoms with E-state index in [4.69, 9.17) is 4.74 Å². The van der Waals surface area contributed by atoms with Gasteiger partial charge in [0.1, 0.15) is 0 Å². The molecule has 1 atom stereocenters. The van der Waals surface area contributed by atoms with Gasteiger partial charge in [-0.25, -0.2) is 0 Å². The van der Waals surface area contributed by atoms with Crippen LogP contribution >= 0.6 is 0 Å². The third kappa shape index (κ3) is 6.19. The van der Waals surface area contributed by atoms with Crippen LogP contribution in [-0.2, 0) is 4.74 Å². The third-order valence-electron chi connectivity index (χ3n) is 4.14. The first-order valence-corrected chi connectivity index (χ1v) is 8.36. The zero-order chi connectivity index (χ0) is 15.9. The Morgan fingerprint density at radius 3 is 2.10 bits per heavy atom. The number of hydrogen-bond donors (Lipinski definition) is 1. The maximum atomic E-state index is 6.11. The van der Waals surface area contributed by atoms with E-state index in [0.717, 1.165) is 26.0 Å². The minimum atomic E-state index is -0.0516. The summed E-state index contributed by atoms with van der Waals surface area (Å²) in [5.74, 6) is 0.580. The molecular formula is C19H33NO. The molecule has 21 heavy (non-hydrogen) atoms. The second-order valence-electron chi connectivity index (χ2n) is 6.75. The number of hydrogen-bond acceptors (Lipinski definition) is 2. The second-order valence-corrected chi connectivity index (χ2v) is 6.75. The predicted molar refractivity (Wildman–Crippen MR) is 91.9 cm³/mol. The average molecular weight is 291 g/mol. The molecule has 0 aliphatic heterocycles. The summed E-state index contributed by atoms with van der Waals surface area (Å²) in [6.45, 7) is 14.9. The molecule has 2 heteroatoms. The van der Waals surface area contributed by atoms with Crippen molar-refractivity contribution in [3.8, 4) is 0 Å². The van der Waals surface area contributed by atoms with Crippen LogP contribution in [0.5, 0.6) is 0 Å². The van der Waals surface area contributed by atoms with E-state index in [2.05, 4.69) is 71.1 Å². The monoisotopic (exact) mass is 291 g/mol. The molecule has 0 heterocycles. The van der Waals surface area contributed by atoms with Gasteiger partial charge < -0.3 is 10.1 Å². The molecule has 0 saturated carbocycles. The van der Waals surface area contributed by atoms with Crippen LogP contribution in [0.2, 0.25) is 0 Å². The summed E-state index contributed by atoms with van der Waals surface area (Å²) in [6, 6.07) is 9.24. The predicted octanol–water partition coefficient (Wildman–Crippen LogP) is 5.06. The summed E-state index contributed by atoms with van der Waals surface area (Å²) in [6.07, 6.45) is 2.16. The van der Waals surface area contributed by atoms with E-state index in [1.807, 2.05) is 0 Å². The topological polar surface area (TPSA) is 21.3 Å². The Labute approximate surface area is 131 Å². The van der Waals surface area contributed by atoms with Gasteiger partial charge in [0.05, 0.1) is 18.2 Å². The van der Waals surface area contributed by atoms with Crippen molar-refractivity contribution in [1.29, 1.82) is 0 Å². The molecule has 120 valence electrons. The lowest BCUT2D eigenvalue weighted by molar-refractivity contribution is -0.0307. The van der Waals surface area contributed by atoms with Gasteiger partial charge in [-0.05, 0) is 50.3 Å². The molecule has 0 amide bonds. The van der Waals surface area contributed by atoms with Crippen molar-refractivity contribution in [2.75, 3.05) is 13.2 Å². The van der Waals surface area contributed by atoms with Crippen LogP contribution in [-0.4, -0.2) is 18.8 Å². The molecule has 0 aliphatic carbocycles. The highest BCUT2D eigenvalue weighted by Gasteiger charge is 2.19. The van der Waals surface area contributed by atoms with Gasteiger partial charge in [0, 0.05) is 0 Å². The van der Waals surface area contributed by atoms with Gasteiger partial charge in [-0.2, -0.15) is 0 Å². The SMILES string of the molecule is CCCNC(COC(C)(C)CC)c1ccc(C(C)C)cc1. The first kappa shape index (κ1) is 18.2. The van der Waals surface area contributed by atoms with Crippen molar-refractivity contribution in [1.82, 2.24) is 5.32 Å². The number of rotatable bonds is 9. The first-order chi connectivity index (χ1) is 9.89. The van der Waals surface area contributed by atoms with Crippen LogP contribution in [0.25, 0.3) is 0 Å². The molecule has 1 rings (SSSR count). The van der Waals surface area contributed by atoms with Gasteiger partial charge in [0.15, 0.2) is 0 Å². The smallest absolute Gasteiger partial charge is 0.0668 e. The van der Waals surface area contributed by atoms with Crippen molar-refractivity contribution >= 4 is 0 Å². The highest BCUT2D eigenvalue weighted by atomic mass is 16.5. The van der Waals surface area contributed by atoms with Crippen molar-refractivity contribution < 1.29 is 4.74 Å². The highest BCUT2D eigenvalue weighted by Crippen LogP contribution is 2.22. The summed E-state index contributed by atoms with van der Waals surface area (Å²) in [4.78, 5) is 0. The Kier molecular flexibility index (Phi) is 7.41. The standard InChI is InChI=1S/C19H33NO/c1-7-13-20-18(14-21-19(5,6)8-2)17-11-9-16(10-12-17)15(3)4/h9-12,15,18,20H,7-8,13-14H2,1-6H3. The van der Waals surface area contributed by atoms with Crippen LogP contribution < -0.4 is 5.32 Å². The Hall–Kier alpha value is -0.860. The van der Waals surface area contributed by atoms with Crippen LogP contribution in [0.4, 0.5) is 0 Å². The van der Waals surface area contributed by atoms with Gasteiger partial charge in [-0.1, -0.05) is 52.0 Å². The summed E-state index contributed by atoms with van der Waals surface area (Å²) < 4.78 is 6.11. The van der Waals surface area contributed by atoms with E-state index < -0.39 is 0 Å². The lowest BCUT2D eigenvalue weighted by Crippen LogP contribution is -2.32. The van der Waals surface area contributed by atoms with Crippen molar-refractivity contribution in [2.24, 2.45) is 0 Å². The average Bonchev–Trinajstić information content (AvgIpc) is 2.47. The minimum absolute atomic E-state index is 0.0516. The molecule has 0 bridgehead atoms. The normalized spacial score (nSPS) is 13.7. The molecule has 0 fully saturated rings. The number of benzene rings is 1. The number of ether oxygens (including phenoxy) is 1. The van der Waals surface area contributed by atoms with Crippen molar-refractivity contribution in [3.63, 3.8) is 0 Å². The van der Waals surface area contributed by atoms with Gasteiger partial charge >= 0.3 is 0 Å². The summed E-state index contributed by atoms with van der Waals surface area (Å²) >= 11 is 0. The van der Waals surface area contributed by atoms with Gasteiger partial charge in [0.25, 0.3) is 0 Å². The molecule has 0 saturated heterocycles. The Bertz CT molecular complexity index is 395. The zero-order valence-electron chi connectivity index (χ0n) is 14.7. The fraction of sp³-hybridized carbons (Fsp3) is 0.684. The summed E-state index contributed by atoms with van der Waals surface area (Å²) in [5.41, 5.74) is 2.66. The molecule has 1 aromatic rings. The Morgan fingerprint density at radius 2 is 1.62 bits per heavy atom. The summed E-state index contributed by atoms with van der Waals surface area (Å²) in [5, 5.41) is 3.61. The van der Waals surface area contributed by atoms with E-state index >= 15 is 0 Å². The quantitative estimate of drug-likeness (QED) is 0.687. The van der Waals surface area contributed by atoms with Crippen molar-refractivity contribution in [2.45, 2.75) is 71.9 Å². The van der Waals surface area contributed by atoms with Gasteiger partial charge in [-0.15, -0.1) is 0 Å². The van der Waals surface area contributed by atoms with Gasteiger partial charge in [-0.3, -0.25) is 0 Å². The molecule has 0 spiro atoms. The molecular weight excluding hydrogens is 258 g/mol. The Balaban J connectivity index is 2.76. The van der Waals surface area contributed by atoms with E-state index in [9.17, 15) is 0 Å². The van der Waals surface area contributed by atoms with Crippen LogP contribution in [0.15, 0.2) is 24.3 Å². The van der Waals surface area contributed by atoms with Crippen LogP contribution in [0.3, 0.4) is 0 Å². The molecule has 2 nitrogen and oxygen atoms in total. The Morgan fingerprint density at radius 1 is 1.05 bits per heavy atom. The van der Waals surface area contributed by atoms with E-state index in [0.29, 0.717) is 5.92 Å². The largest absolute Gasteiger partial charge is 0.374 e. The first-order valence-electron chi connectivity index (χ1n) is 8.36. The highest BCUT2D eigenvalue weighted by molar-refractivity contribution is 5.27. The lowest BCUT2D eigenvalue weighted by Gasteiger charge is -2.28. The fourth-order valence-electron chi connectivity index (χ4n) is 2.12. The van der Waals surface area contributed by atoms with E-state index in [-0.39, 0.29) is 11.6 Å². The molecule has 1 aromatic carbocycles. The fourth-order valence-corrected chi connectivity index (χ4v) is 2.12. The zero-order valence-corrected chi connectivity index (χ0v) is 14.7. The van der Waals surface area contributed by atoms with Crippen LogP contribution in [0.1, 0.15) is 77.5 Å². The maximum absolute atomic E-state index is 6.11. The van der Waals surface area contributed by atoms with Crippen molar-refractivity contribution in [3.05, 3.63) is 35.4 Å².